The number of rotatable bonds is 6. The Morgan fingerprint density at radius 3 is 3.05 bits per heavy atom. The van der Waals surface area contributed by atoms with Crippen molar-refractivity contribution in [3.63, 3.8) is 0 Å². The second-order valence-corrected chi connectivity index (χ2v) is 4.44. The first-order chi connectivity index (χ1) is 9.81. The van der Waals surface area contributed by atoms with Gasteiger partial charge >= 0.3 is 0 Å². The van der Waals surface area contributed by atoms with Crippen molar-refractivity contribution in [1.29, 1.82) is 0 Å². The van der Waals surface area contributed by atoms with Crippen molar-refractivity contribution >= 4 is 11.9 Å². The van der Waals surface area contributed by atoms with Crippen molar-refractivity contribution in [2.24, 2.45) is 0 Å². The highest BCUT2D eigenvalue weighted by atomic mass is 16.5. The number of hydrogen-bond acceptors (Lipinski definition) is 6. The van der Waals surface area contributed by atoms with Crippen molar-refractivity contribution in [3.8, 4) is 0 Å². The quantitative estimate of drug-likeness (QED) is 0.744. The lowest BCUT2D eigenvalue weighted by atomic mass is 10.3. The Bertz CT molecular complexity index is 435. The summed E-state index contributed by atoms with van der Waals surface area (Å²) in [5.41, 5.74) is 0.388. The zero-order valence-electron chi connectivity index (χ0n) is 11.7. The van der Waals surface area contributed by atoms with E-state index in [1.54, 1.807) is 19.4 Å². The smallest absolute Gasteiger partial charge is 0.270 e. The molecule has 110 valence electrons. The lowest BCUT2D eigenvalue weighted by Crippen LogP contribution is -2.37. The zero-order chi connectivity index (χ0) is 14.2. The molecule has 0 aromatic carbocycles. The fourth-order valence-electron chi connectivity index (χ4n) is 1.90. The third kappa shape index (κ3) is 4.14. The monoisotopic (exact) mass is 280 g/mol. The number of aromatic nitrogens is 2. The molecular formula is C13H20N4O3. The van der Waals surface area contributed by atoms with E-state index in [2.05, 4.69) is 15.3 Å². The number of nitrogens with zero attached hydrogens (tertiary/aromatic N) is 3. The summed E-state index contributed by atoms with van der Waals surface area (Å²) in [4.78, 5) is 22.5. The van der Waals surface area contributed by atoms with Gasteiger partial charge in [-0.1, -0.05) is 0 Å². The van der Waals surface area contributed by atoms with Gasteiger partial charge in [0.2, 0.25) is 5.95 Å². The molecule has 1 aliphatic heterocycles. The molecule has 0 atom stereocenters. The molecule has 1 saturated heterocycles. The molecule has 20 heavy (non-hydrogen) atoms. The molecule has 0 radical (unpaired) electrons. The van der Waals surface area contributed by atoms with Gasteiger partial charge in [-0.05, 0) is 12.5 Å². The number of methoxy groups -OCH3 is 1. The van der Waals surface area contributed by atoms with Gasteiger partial charge in [0.05, 0.1) is 13.2 Å². The largest absolute Gasteiger partial charge is 0.385 e. The number of ether oxygens (including phenoxy) is 2. The number of nitrogens with one attached hydrogen (secondary N) is 1. The van der Waals surface area contributed by atoms with Crippen LogP contribution < -0.4 is 10.2 Å². The molecule has 1 aromatic heterocycles. The Hall–Kier alpha value is -1.73. The maximum absolute atomic E-state index is 12.0. The number of carbonyl (C=O) groups is 1. The first-order valence-electron chi connectivity index (χ1n) is 6.74. The minimum Gasteiger partial charge on any atom is -0.385 e. The van der Waals surface area contributed by atoms with Crippen LogP contribution in [0, 0.1) is 0 Å². The Labute approximate surface area is 118 Å². The Kier molecular flexibility index (Phi) is 5.69. The molecule has 0 unspecified atom stereocenters. The van der Waals surface area contributed by atoms with E-state index in [4.69, 9.17) is 9.47 Å². The highest BCUT2D eigenvalue weighted by molar-refractivity contribution is 5.92. The highest BCUT2D eigenvalue weighted by Crippen LogP contribution is 2.09. The van der Waals surface area contributed by atoms with Crippen LogP contribution in [0.1, 0.15) is 16.9 Å². The molecule has 0 saturated carbocycles. The standard InChI is InChI=1S/C13H20N4O3/c1-19-8-2-4-14-12(18)11-3-5-15-13(16-11)17-6-9-20-10-7-17/h3,5H,2,4,6-10H2,1H3,(H,14,18). The van der Waals surface area contributed by atoms with E-state index in [1.165, 1.54) is 0 Å². The fourth-order valence-corrected chi connectivity index (χ4v) is 1.90. The topological polar surface area (TPSA) is 76.6 Å². The van der Waals surface area contributed by atoms with Crippen molar-refractivity contribution in [1.82, 2.24) is 15.3 Å². The number of morpholine rings is 1. The lowest BCUT2D eigenvalue weighted by molar-refractivity contribution is 0.0943. The van der Waals surface area contributed by atoms with Crippen LogP contribution in [-0.2, 0) is 9.47 Å². The minimum atomic E-state index is -0.182. The van der Waals surface area contributed by atoms with E-state index in [0.29, 0.717) is 38.0 Å². The van der Waals surface area contributed by atoms with Crippen LogP contribution in [0.25, 0.3) is 0 Å². The molecule has 0 aliphatic carbocycles. The van der Waals surface area contributed by atoms with Gasteiger partial charge in [-0.15, -0.1) is 0 Å². The average Bonchev–Trinajstić information content (AvgIpc) is 2.52. The first kappa shape index (κ1) is 14.7. The van der Waals surface area contributed by atoms with Crippen LogP contribution in [0.5, 0.6) is 0 Å². The predicted molar refractivity (Wildman–Crippen MR) is 73.9 cm³/mol. The Morgan fingerprint density at radius 1 is 1.50 bits per heavy atom. The lowest BCUT2D eigenvalue weighted by Gasteiger charge is -2.26. The van der Waals surface area contributed by atoms with Crippen molar-refractivity contribution < 1.29 is 14.3 Å². The number of carbonyl (C=O) groups excluding carboxylic acids is 1. The normalized spacial score (nSPS) is 15.2. The van der Waals surface area contributed by atoms with Crippen molar-refractivity contribution in [3.05, 3.63) is 18.0 Å². The molecule has 1 aliphatic rings. The molecular weight excluding hydrogens is 260 g/mol. The van der Waals surface area contributed by atoms with Crippen LogP contribution in [0.15, 0.2) is 12.3 Å². The maximum atomic E-state index is 12.0. The van der Waals surface area contributed by atoms with Gasteiger partial charge in [-0.3, -0.25) is 4.79 Å². The predicted octanol–water partition coefficient (Wildman–Crippen LogP) is 0.0795. The minimum absolute atomic E-state index is 0.182. The molecule has 7 heteroatoms. The third-order valence-corrected chi connectivity index (χ3v) is 2.98. The highest BCUT2D eigenvalue weighted by Gasteiger charge is 2.15. The van der Waals surface area contributed by atoms with E-state index in [9.17, 15) is 4.79 Å². The SMILES string of the molecule is COCCCNC(=O)c1ccnc(N2CCOCC2)n1. The van der Waals surface area contributed by atoms with E-state index >= 15 is 0 Å². The molecule has 2 heterocycles. The number of hydrogen-bond donors (Lipinski definition) is 1. The van der Waals surface area contributed by atoms with E-state index in [-0.39, 0.29) is 5.91 Å². The molecule has 0 bridgehead atoms. The molecule has 1 amide bonds. The Morgan fingerprint density at radius 2 is 2.30 bits per heavy atom. The average molecular weight is 280 g/mol. The van der Waals surface area contributed by atoms with Crippen LogP contribution in [0.3, 0.4) is 0 Å². The second kappa shape index (κ2) is 7.76. The van der Waals surface area contributed by atoms with Gasteiger partial charge in [-0.25, -0.2) is 9.97 Å². The molecule has 1 N–H and O–H groups in total. The molecule has 1 fully saturated rings. The first-order valence-corrected chi connectivity index (χ1v) is 6.74. The number of amides is 1. The zero-order valence-corrected chi connectivity index (χ0v) is 11.7. The molecule has 0 spiro atoms. The summed E-state index contributed by atoms with van der Waals surface area (Å²) in [7, 11) is 1.64. The summed E-state index contributed by atoms with van der Waals surface area (Å²) in [6.45, 7) is 4.03. The van der Waals surface area contributed by atoms with E-state index < -0.39 is 0 Å². The fraction of sp³-hybridized carbons (Fsp3) is 0.615. The van der Waals surface area contributed by atoms with Gasteiger partial charge in [0.1, 0.15) is 5.69 Å². The molecule has 1 aromatic rings. The van der Waals surface area contributed by atoms with E-state index in [1.807, 2.05) is 4.90 Å². The van der Waals surface area contributed by atoms with Crippen molar-refractivity contribution in [2.75, 3.05) is 51.5 Å². The van der Waals surface area contributed by atoms with Crippen molar-refractivity contribution in [2.45, 2.75) is 6.42 Å². The Balaban J connectivity index is 1.92. The summed E-state index contributed by atoms with van der Waals surface area (Å²) < 4.78 is 10.2. The van der Waals surface area contributed by atoms with Crippen LogP contribution >= 0.6 is 0 Å². The molecule has 2 rings (SSSR count). The van der Waals surface area contributed by atoms with Crippen LogP contribution in [-0.4, -0.2) is 62.4 Å². The van der Waals surface area contributed by atoms with Gasteiger partial charge in [0.15, 0.2) is 0 Å². The van der Waals surface area contributed by atoms with Gasteiger partial charge in [0.25, 0.3) is 5.91 Å². The van der Waals surface area contributed by atoms with Gasteiger partial charge in [0, 0.05) is 39.5 Å². The van der Waals surface area contributed by atoms with Gasteiger partial charge in [-0.2, -0.15) is 0 Å². The summed E-state index contributed by atoms with van der Waals surface area (Å²) in [5.74, 6) is 0.399. The number of anilines is 1. The van der Waals surface area contributed by atoms with Gasteiger partial charge < -0.3 is 19.7 Å². The molecule has 7 nitrogen and oxygen atoms in total. The van der Waals surface area contributed by atoms with Crippen LogP contribution in [0.4, 0.5) is 5.95 Å². The summed E-state index contributed by atoms with van der Waals surface area (Å²) in [6, 6.07) is 1.62. The van der Waals surface area contributed by atoms with Crippen LogP contribution in [0.2, 0.25) is 0 Å². The second-order valence-electron chi connectivity index (χ2n) is 4.44. The third-order valence-electron chi connectivity index (χ3n) is 2.98. The maximum Gasteiger partial charge on any atom is 0.270 e. The summed E-state index contributed by atoms with van der Waals surface area (Å²) in [5, 5.41) is 2.81. The van der Waals surface area contributed by atoms with E-state index in [0.717, 1.165) is 19.5 Å². The summed E-state index contributed by atoms with van der Waals surface area (Å²) in [6.07, 6.45) is 2.39. The summed E-state index contributed by atoms with van der Waals surface area (Å²) >= 11 is 0.